The molecular formula is C12H22N2O. The molecule has 1 heterocycles. The van der Waals surface area contributed by atoms with E-state index in [1.165, 1.54) is 0 Å². The summed E-state index contributed by atoms with van der Waals surface area (Å²) in [6, 6.07) is 0. The van der Waals surface area contributed by atoms with Gasteiger partial charge in [-0.2, -0.15) is 5.10 Å². The van der Waals surface area contributed by atoms with Crippen molar-refractivity contribution in [1.29, 1.82) is 0 Å². The van der Waals surface area contributed by atoms with Gasteiger partial charge in [-0.15, -0.1) is 0 Å². The molecule has 3 heteroatoms. The number of aryl methyl sites for hydroxylation is 1. The van der Waals surface area contributed by atoms with Gasteiger partial charge in [0.05, 0.1) is 11.8 Å². The first-order chi connectivity index (χ1) is 7.13. The lowest BCUT2D eigenvalue weighted by Gasteiger charge is -2.25. The Hall–Kier alpha value is -0.830. The second kappa shape index (κ2) is 5.31. The van der Waals surface area contributed by atoms with E-state index in [2.05, 4.69) is 18.9 Å². The van der Waals surface area contributed by atoms with Crippen molar-refractivity contribution in [3.63, 3.8) is 0 Å². The Morgan fingerprint density at radius 2 is 2.13 bits per heavy atom. The molecule has 0 spiro atoms. The third kappa shape index (κ3) is 3.34. The van der Waals surface area contributed by atoms with E-state index in [0.29, 0.717) is 0 Å². The fraction of sp³-hybridized carbons (Fsp3) is 0.750. The van der Waals surface area contributed by atoms with E-state index in [0.717, 1.165) is 37.8 Å². The van der Waals surface area contributed by atoms with Crippen molar-refractivity contribution in [1.82, 2.24) is 9.78 Å². The zero-order chi connectivity index (χ0) is 11.3. The van der Waals surface area contributed by atoms with E-state index in [-0.39, 0.29) is 0 Å². The molecule has 15 heavy (non-hydrogen) atoms. The number of nitrogens with zero attached hydrogens (tertiary/aromatic N) is 2. The molecule has 0 radical (unpaired) electrons. The number of aromatic nitrogens is 2. The number of hydrogen-bond acceptors (Lipinski definition) is 2. The minimum Gasteiger partial charge on any atom is -0.390 e. The van der Waals surface area contributed by atoms with Crippen molar-refractivity contribution < 1.29 is 5.11 Å². The summed E-state index contributed by atoms with van der Waals surface area (Å²) in [4.78, 5) is 0. The highest BCUT2D eigenvalue weighted by atomic mass is 16.3. The Kier molecular flexibility index (Phi) is 4.33. The maximum atomic E-state index is 10.3. The normalized spacial score (nSPS) is 15.2. The smallest absolute Gasteiger partial charge is 0.0686 e. The quantitative estimate of drug-likeness (QED) is 0.783. The first kappa shape index (κ1) is 12.2. The average molecular weight is 210 g/mol. The molecule has 0 aliphatic carbocycles. The molecule has 1 rings (SSSR count). The predicted molar refractivity (Wildman–Crippen MR) is 61.8 cm³/mol. The van der Waals surface area contributed by atoms with Crippen LogP contribution in [0.15, 0.2) is 12.4 Å². The van der Waals surface area contributed by atoms with Gasteiger partial charge >= 0.3 is 0 Å². The fourth-order valence-corrected chi connectivity index (χ4v) is 1.91. The topological polar surface area (TPSA) is 38.1 Å². The van der Waals surface area contributed by atoms with E-state index in [9.17, 15) is 5.11 Å². The SMILES string of the molecule is CCCC(O)(CC)Cc1cnn(CC)c1. The highest BCUT2D eigenvalue weighted by molar-refractivity contribution is 5.08. The van der Waals surface area contributed by atoms with Gasteiger partial charge in [-0.25, -0.2) is 0 Å². The van der Waals surface area contributed by atoms with Crippen LogP contribution in [0.3, 0.4) is 0 Å². The van der Waals surface area contributed by atoms with Crippen molar-refractivity contribution in [3.8, 4) is 0 Å². The van der Waals surface area contributed by atoms with Crippen LogP contribution in [0.4, 0.5) is 0 Å². The molecule has 0 bridgehead atoms. The molecule has 1 aromatic heterocycles. The van der Waals surface area contributed by atoms with Crippen molar-refractivity contribution in [2.45, 2.75) is 58.6 Å². The third-order valence-corrected chi connectivity index (χ3v) is 2.92. The Labute approximate surface area is 92.1 Å². The van der Waals surface area contributed by atoms with Crippen LogP contribution in [0.1, 0.15) is 45.6 Å². The van der Waals surface area contributed by atoms with Crippen LogP contribution in [0, 0.1) is 0 Å². The van der Waals surface area contributed by atoms with Gasteiger partial charge in [0.25, 0.3) is 0 Å². The van der Waals surface area contributed by atoms with Crippen LogP contribution in [0.2, 0.25) is 0 Å². The third-order valence-electron chi connectivity index (χ3n) is 2.92. The number of aliphatic hydroxyl groups is 1. The Bertz CT molecular complexity index is 296. The maximum Gasteiger partial charge on any atom is 0.0686 e. The molecule has 1 unspecified atom stereocenters. The molecule has 0 amide bonds. The summed E-state index contributed by atoms with van der Waals surface area (Å²) in [5.74, 6) is 0. The molecule has 1 N–H and O–H groups in total. The first-order valence-electron chi connectivity index (χ1n) is 5.87. The number of hydrogen-bond donors (Lipinski definition) is 1. The van der Waals surface area contributed by atoms with Gasteiger partial charge in [0.1, 0.15) is 0 Å². The second-order valence-corrected chi connectivity index (χ2v) is 4.21. The van der Waals surface area contributed by atoms with Gasteiger partial charge in [0.2, 0.25) is 0 Å². The molecule has 86 valence electrons. The summed E-state index contributed by atoms with van der Waals surface area (Å²) in [6.07, 6.45) is 7.29. The summed E-state index contributed by atoms with van der Waals surface area (Å²) in [5.41, 5.74) is 0.589. The lowest BCUT2D eigenvalue weighted by atomic mass is 9.89. The van der Waals surface area contributed by atoms with E-state index < -0.39 is 5.60 Å². The van der Waals surface area contributed by atoms with Crippen LogP contribution in [0.25, 0.3) is 0 Å². The predicted octanol–water partition coefficient (Wildman–Crippen LogP) is 2.39. The number of rotatable bonds is 6. The Balaban J connectivity index is 2.65. The average Bonchev–Trinajstić information content (AvgIpc) is 2.66. The van der Waals surface area contributed by atoms with Gasteiger partial charge in [-0.1, -0.05) is 20.3 Å². The second-order valence-electron chi connectivity index (χ2n) is 4.21. The largest absolute Gasteiger partial charge is 0.390 e. The lowest BCUT2D eigenvalue weighted by Crippen LogP contribution is -2.30. The molecule has 0 aliphatic heterocycles. The Morgan fingerprint density at radius 3 is 2.60 bits per heavy atom. The van der Waals surface area contributed by atoms with Crippen LogP contribution in [0.5, 0.6) is 0 Å². The van der Waals surface area contributed by atoms with Crippen LogP contribution < -0.4 is 0 Å². The molecule has 0 aromatic carbocycles. The molecule has 0 saturated heterocycles. The summed E-state index contributed by atoms with van der Waals surface area (Å²) in [7, 11) is 0. The van der Waals surface area contributed by atoms with Crippen molar-refractivity contribution in [2.75, 3.05) is 0 Å². The molecule has 0 fully saturated rings. The minimum absolute atomic E-state index is 0.545. The summed E-state index contributed by atoms with van der Waals surface area (Å²) in [5, 5.41) is 14.5. The molecule has 3 nitrogen and oxygen atoms in total. The highest BCUT2D eigenvalue weighted by Gasteiger charge is 2.24. The summed E-state index contributed by atoms with van der Waals surface area (Å²) < 4.78 is 1.90. The zero-order valence-electron chi connectivity index (χ0n) is 10.0. The minimum atomic E-state index is -0.545. The molecular weight excluding hydrogens is 188 g/mol. The molecule has 1 atom stereocenters. The van der Waals surface area contributed by atoms with Crippen molar-refractivity contribution in [2.24, 2.45) is 0 Å². The maximum absolute atomic E-state index is 10.3. The van der Waals surface area contributed by atoms with Gasteiger partial charge in [-0.3, -0.25) is 4.68 Å². The molecule has 1 aromatic rings. The molecule has 0 aliphatic rings. The monoisotopic (exact) mass is 210 g/mol. The molecule has 0 saturated carbocycles. The summed E-state index contributed by atoms with van der Waals surface area (Å²) in [6.45, 7) is 7.10. The van der Waals surface area contributed by atoms with E-state index >= 15 is 0 Å². The van der Waals surface area contributed by atoms with Crippen LogP contribution in [-0.4, -0.2) is 20.5 Å². The standard InChI is InChI=1S/C12H22N2O/c1-4-7-12(15,5-2)8-11-9-13-14(6-3)10-11/h9-10,15H,4-8H2,1-3H3. The van der Waals surface area contributed by atoms with Crippen molar-refractivity contribution >= 4 is 0 Å². The van der Waals surface area contributed by atoms with Gasteiger partial charge in [0.15, 0.2) is 0 Å². The zero-order valence-corrected chi connectivity index (χ0v) is 10.0. The Morgan fingerprint density at radius 1 is 1.40 bits per heavy atom. The van der Waals surface area contributed by atoms with E-state index in [4.69, 9.17) is 0 Å². The first-order valence-corrected chi connectivity index (χ1v) is 5.87. The van der Waals surface area contributed by atoms with E-state index in [1.807, 2.05) is 24.0 Å². The van der Waals surface area contributed by atoms with Gasteiger partial charge in [0, 0.05) is 19.2 Å². The fourth-order valence-electron chi connectivity index (χ4n) is 1.91. The van der Waals surface area contributed by atoms with Crippen LogP contribution in [-0.2, 0) is 13.0 Å². The highest BCUT2D eigenvalue weighted by Crippen LogP contribution is 2.22. The van der Waals surface area contributed by atoms with Gasteiger partial charge < -0.3 is 5.11 Å². The van der Waals surface area contributed by atoms with E-state index in [1.54, 1.807) is 0 Å². The van der Waals surface area contributed by atoms with Crippen LogP contribution >= 0.6 is 0 Å². The lowest BCUT2D eigenvalue weighted by molar-refractivity contribution is 0.0270. The van der Waals surface area contributed by atoms with Crippen molar-refractivity contribution in [3.05, 3.63) is 18.0 Å². The summed E-state index contributed by atoms with van der Waals surface area (Å²) >= 11 is 0. The van der Waals surface area contributed by atoms with Gasteiger partial charge in [-0.05, 0) is 25.3 Å².